The summed E-state index contributed by atoms with van der Waals surface area (Å²) in [4.78, 5) is 0. The number of benzene rings is 1. The lowest BCUT2D eigenvalue weighted by Crippen LogP contribution is -2.42. The molecule has 2 nitrogen and oxygen atoms in total. The molecule has 1 aromatic rings. The van der Waals surface area contributed by atoms with E-state index in [0.717, 1.165) is 30.6 Å². The molecule has 86 valence electrons. The van der Waals surface area contributed by atoms with Gasteiger partial charge in [-0.25, -0.2) is 0 Å². The fourth-order valence-corrected chi connectivity index (χ4v) is 3.09. The number of fused-ring (bicyclic) bond motifs is 1. The van der Waals surface area contributed by atoms with Gasteiger partial charge in [-0.2, -0.15) is 0 Å². The van der Waals surface area contributed by atoms with Crippen molar-refractivity contribution >= 4 is 0 Å². The highest BCUT2D eigenvalue weighted by molar-refractivity contribution is 5.38. The van der Waals surface area contributed by atoms with Crippen molar-refractivity contribution in [2.24, 2.45) is 0 Å². The maximum Gasteiger partial charge on any atom is 0.125 e. The second-order valence-electron chi connectivity index (χ2n) is 5.10. The number of hydrogen-bond donors (Lipinski definition) is 1. The van der Waals surface area contributed by atoms with Gasteiger partial charge in [-0.15, -0.1) is 0 Å². The molecule has 0 bridgehead atoms. The molecule has 0 saturated heterocycles. The average molecular weight is 218 g/mol. The molecule has 0 amide bonds. The molecule has 1 atom stereocenters. The third-order valence-electron chi connectivity index (χ3n) is 3.93. The Morgan fingerprint density at radius 2 is 1.88 bits per heavy atom. The van der Waals surface area contributed by atoms with Crippen molar-refractivity contribution in [3.8, 4) is 5.75 Å². The highest BCUT2D eigenvalue weighted by Gasteiger charge is 2.40. The Morgan fingerprint density at radius 1 is 1.12 bits per heavy atom. The quantitative estimate of drug-likeness (QED) is 0.724. The number of aliphatic hydroxyl groups is 1. The van der Waals surface area contributed by atoms with E-state index in [4.69, 9.17) is 4.74 Å². The van der Waals surface area contributed by atoms with Gasteiger partial charge in [-0.1, -0.05) is 24.6 Å². The lowest BCUT2D eigenvalue weighted by molar-refractivity contribution is -0.0381. The summed E-state index contributed by atoms with van der Waals surface area (Å²) in [5, 5.41) is 10.2. The Bertz CT molecular complexity index is 380. The molecular formula is C14H18O2. The maximum atomic E-state index is 10.2. The zero-order chi connectivity index (χ0) is 11.0. The topological polar surface area (TPSA) is 29.5 Å². The van der Waals surface area contributed by atoms with Crippen molar-refractivity contribution in [1.29, 1.82) is 0 Å². The van der Waals surface area contributed by atoms with E-state index in [-0.39, 0.29) is 11.7 Å². The Morgan fingerprint density at radius 3 is 2.69 bits per heavy atom. The highest BCUT2D eigenvalue weighted by Crippen LogP contribution is 2.45. The van der Waals surface area contributed by atoms with Crippen LogP contribution < -0.4 is 4.74 Å². The molecule has 1 heterocycles. The zero-order valence-corrected chi connectivity index (χ0v) is 9.48. The van der Waals surface area contributed by atoms with Crippen LogP contribution in [0.25, 0.3) is 0 Å². The summed E-state index contributed by atoms with van der Waals surface area (Å²) >= 11 is 0. The molecule has 1 spiro atoms. The third kappa shape index (κ3) is 1.61. The maximum absolute atomic E-state index is 10.2. The van der Waals surface area contributed by atoms with Crippen molar-refractivity contribution < 1.29 is 9.84 Å². The standard InChI is InChI=1S/C14H18O2/c15-12-10-14(8-4-1-5-9-14)16-13-7-3-2-6-11(12)13/h2-3,6-7,12,15H,1,4-5,8-10H2. The number of ether oxygens (including phenoxy) is 1. The summed E-state index contributed by atoms with van der Waals surface area (Å²) in [7, 11) is 0. The number of para-hydroxylation sites is 1. The minimum Gasteiger partial charge on any atom is -0.487 e. The van der Waals surface area contributed by atoms with Crippen molar-refractivity contribution in [1.82, 2.24) is 0 Å². The normalized spacial score (nSPS) is 27.2. The molecule has 1 saturated carbocycles. The van der Waals surface area contributed by atoms with Gasteiger partial charge in [0.15, 0.2) is 0 Å². The molecule has 3 rings (SSSR count). The lowest BCUT2D eigenvalue weighted by Gasteiger charge is -2.43. The van der Waals surface area contributed by atoms with Crippen LogP contribution in [-0.2, 0) is 0 Å². The third-order valence-corrected chi connectivity index (χ3v) is 3.93. The lowest BCUT2D eigenvalue weighted by atomic mass is 9.78. The van der Waals surface area contributed by atoms with Crippen LogP contribution in [0.4, 0.5) is 0 Å². The van der Waals surface area contributed by atoms with Gasteiger partial charge in [-0.3, -0.25) is 0 Å². The van der Waals surface area contributed by atoms with E-state index >= 15 is 0 Å². The largest absolute Gasteiger partial charge is 0.487 e. The van der Waals surface area contributed by atoms with Crippen LogP contribution in [0.5, 0.6) is 5.75 Å². The molecule has 16 heavy (non-hydrogen) atoms. The second kappa shape index (κ2) is 3.77. The Balaban J connectivity index is 1.93. The van der Waals surface area contributed by atoms with Gasteiger partial charge in [0.25, 0.3) is 0 Å². The van der Waals surface area contributed by atoms with Crippen molar-refractivity contribution in [2.75, 3.05) is 0 Å². The molecule has 2 heteroatoms. The predicted molar refractivity (Wildman–Crippen MR) is 62.5 cm³/mol. The van der Waals surface area contributed by atoms with Crippen LogP contribution in [0.2, 0.25) is 0 Å². The Labute approximate surface area is 96.2 Å². The van der Waals surface area contributed by atoms with E-state index in [0.29, 0.717) is 0 Å². The summed E-state index contributed by atoms with van der Waals surface area (Å²) < 4.78 is 6.17. The molecule has 1 unspecified atom stereocenters. The SMILES string of the molecule is OC1CC2(CCCCC2)Oc2ccccc21. The Hall–Kier alpha value is -1.02. The minimum atomic E-state index is -0.344. The monoisotopic (exact) mass is 218 g/mol. The predicted octanol–water partition coefficient (Wildman–Crippen LogP) is 3.21. The van der Waals surface area contributed by atoms with E-state index in [1.165, 1.54) is 19.3 Å². The van der Waals surface area contributed by atoms with Crippen molar-refractivity contribution in [3.63, 3.8) is 0 Å². The summed E-state index contributed by atoms with van der Waals surface area (Å²) in [6.45, 7) is 0. The van der Waals surface area contributed by atoms with E-state index in [9.17, 15) is 5.11 Å². The summed E-state index contributed by atoms with van der Waals surface area (Å²) in [6.07, 6.45) is 6.39. The van der Waals surface area contributed by atoms with Crippen LogP contribution in [0.1, 0.15) is 50.2 Å². The number of rotatable bonds is 0. The van der Waals surface area contributed by atoms with E-state index < -0.39 is 0 Å². The first-order valence-corrected chi connectivity index (χ1v) is 6.25. The van der Waals surface area contributed by atoms with Crippen molar-refractivity contribution in [3.05, 3.63) is 29.8 Å². The van der Waals surface area contributed by atoms with Gasteiger partial charge in [-0.05, 0) is 31.7 Å². The number of aliphatic hydroxyl groups excluding tert-OH is 1. The van der Waals surface area contributed by atoms with Crippen LogP contribution in [0, 0.1) is 0 Å². The highest BCUT2D eigenvalue weighted by atomic mass is 16.5. The molecule has 1 N–H and O–H groups in total. The van der Waals surface area contributed by atoms with Crippen LogP contribution >= 0.6 is 0 Å². The van der Waals surface area contributed by atoms with E-state index in [2.05, 4.69) is 0 Å². The van der Waals surface area contributed by atoms with E-state index in [1.807, 2.05) is 24.3 Å². The average Bonchev–Trinajstić information content (AvgIpc) is 2.30. The fraction of sp³-hybridized carbons (Fsp3) is 0.571. The Kier molecular flexibility index (Phi) is 2.40. The molecule has 2 aliphatic rings. The van der Waals surface area contributed by atoms with Gasteiger partial charge in [0.1, 0.15) is 11.4 Å². The smallest absolute Gasteiger partial charge is 0.125 e. The zero-order valence-electron chi connectivity index (χ0n) is 9.48. The molecular weight excluding hydrogens is 200 g/mol. The summed E-state index contributed by atoms with van der Waals surface area (Å²) in [6, 6.07) is 7.89. The molecule has 1 fully saturated rings. The van der Waals surface area contributed by atoms with Gasteiger partial charge in [0, 0.05) is 12.0 Å². The van der Waals surface area contributed by atoms with Crippen LogP contribution in [-0.4, -0.2) is 10.7 Å². The van der Waals surface area contributed by atoms with Gasteiger partial charge >= 0.3 is 0 Å². The van der Waals surface area contributed by atoms with Crippen LogP contribution in [0.3, 0.4) is 0 Å². The molecule has 0 radical (unpaired) electrons. The molecule has 1 aliphatic carbocycles. The number of hydrogen-bond acceptors (Lipinski definition) is 2. The molecule has 0 aromatic heterocycles. The first kappa shape index (κ1) is 10.2. The van der Waals surface area contributed by atoms with Crippen molar-refractivity contribution in [2.45, 2.75) is 50.2 Å². The molecule has 1 aromatic carbocycles. The minimum absolute atomic E-state index is 0.0774. The molecule has 1 aliphatic heterocycles. The van der Waals surface area contributed by atoms with E-state index in [1.54, 1.807) is 0 Å². The fourth-order valence-electron chi connectivity index (χ4n) is 3.09. The van der Waals surface area contributed by atoms with Gasteiger partial charge in [0.05, 0.1) is 6.10 Å². The van der Waals surface area contributed by atoms with Crippen LogP contribution in [0.15, 0.2) is 24.3 Å². The first-order chi connectivity index (χ1) is 7.79. The summed E-state index contributed by atoms with van der Waals surface area (Å²) in [5.74, 6) is 0.892. The van der Waals surface area contributed by atoms with Gasteiger partial charge < -0.3 is 9.84 Å². The summed E-state index contributed by atoms with van der Waals surface area (Å²) in [5.41, 5.74) is 0.880. The first-order valence-electron chi connectivity index (χ1n) is 6.25. The van der Waals surface area contributed by atoms with Gasteiger partial charge in [0.2, 0.25) is 0 Å². The second-order valence-corrected chi connectivity index (χ2v) is 5.10.